The number of ether oxygens (including phenoxy) is 1. The van der Waals surface area contributed by atoms with Crippen molar-refractivity contribution in [2.75, 3.05) is 11.5 Å². The molecule has 0 spiro atoms. The van der Waals surface area contributed by atoms with Crippen LogP contribution in [0.15, 0.2) is 103 Å². The fraction of sp³-hybridized carbons (Fsp3) is 0.133. The van der Waals surface area contributed by atoms with Gasteiger partial charge in [0.15, 0.2) is 5.13 Å². The van der Waals surface area contributed by atoms with Gasteiger partial charge in [-0.1, -0.05) is 90.2 Å². The molecule has 1 amide bonds. The number of carbonyl (C=O) groups excluding carboxylic acids is 1. The highest BCUT2D eigenvalue weighted by Gasteiger charge is 2.23. The first-order valence-electron chi connectivity index (χ1n) is 11.7. The van der Waals surface area contributed by atoms with E-state index in [0.717, 1.165) is 28.0 Å². The van der Waals surface area contributed by atoms with Crippen LogP contribution in [0.25, 0.3) is 10.2 Å². The minimum atomic E-state index is -0.0721. The summed E-state index contributed by atoms with van der Waals surface area (Å²) in [5.74, 6) is 0.669. The van der Waals surface area contributed by atoms with Crippen molar-refractivity contribution in [1.82, 2.24) is 4.98 Å². The van der Waals surface area contributed by atoms with Crippen LogP contribution in [0.3, 0.4) is 0 Å². The third-order valence-electron chi connectivity index (χ3n) is 5.78. The molecular weight excluding hydrogens is 452 g/mol. The Morgan fingerprint density at radius 2 is 1.46 bits per heavy atom. The molecule has 5 heteroatoms. The van der Waals surface area contributed by atoms with Crippen molar-refractivity contribution >= 4 is 32.6 Å². The maximum atomic E-state index is 13.8. The van der Waals surface area contributed by atoms with Crippen LogP contribution >= 0.6 is 11.3 Å². The molecule has 4 nitrogen and oxygen atoms in total. The lowest BCUT2D eigenvalue weighted by molar-refractivity contribution is 0.0985. The molecule has 1 heterocycles. The molecule has 0 aliphatic carbocycles. The van der Waals surface area contributed by atoms with Crippen LogP contribution in [0.4, 0.5) is 5.13 Å². The molecule has 4 aromatic carbocycles. The summed E-state index contributed by atoms with van der Waals surface area (Å²) in [5, 5.41) is 0.661. The third kappa shape index (κ3) is 5.26. The molecule has 0 saturated carbocycles. The van der Waals surface area contributed by atoms with Crippen molar-refractivity contribution < 1.29 is 9.53 Å². The number of amides is 1. The van der Waals surface area contributed by atoms with Crippen LogP contribution in [-0.2, 0) is 13.0 Å². The molecule has 0 bridgehead atoms. The van der Waals surface area contributed by atoms with Gasteiger partial charge < -0.3 is 4.74 Å². The SMILES string of the molecule is CCOc1cccc2sc(N(Cc3ccccc3)C(=O)c3ccc(Cc4ccccc4)cc3)nc12. The average molecular weight is 479 g/mol. The molecule has 0 fully saturated rings. The largest absolute Gasteiger partial charge is 0.492 e. The van der Waals surface area contributed by atoms with Crippen LogP contribution in [0, 0.1) is 0 Å². The van der Waals surface area contributed by atoms with Gasteiger partial charge in [-0.15, -0.1) is 0 Å². The highest BCUT2D eigenvalue weighted by molar-refractivity contribution is 7.22. The summed E-state index contributed by atoms with van der Waals surface area (Å²) < 4.78 is 6.77. The summed E-state index contributed by atoms with van der Waals surface area (Å²) in [6.07, 6.45) is 0.834. The van der Waals surface area contributed by atoms with E-state index in [0.29, 0.717) is 23.8 Å². The Hall–Kier alpha value is -3.96. The maximum absolute atomic E-state index is 13.8. The molecule has 5 aromatic rings. The van der Waals surface area contributed by atoms with Gasteiger partial charge >= 0.3 is 0 Å². The second-order valence-corrected chi connectivity index (χ2v) is 9.28. The van der Waals surface area contributed by atoms with Crippen molar-refractivity contribution in [3.05, 3.63) is 125 Å². The van der Waals surface area contributed by atoms with Gasteiger partial charge in [-0.05, 0) is 54.3 Å². The zero-order chi connectivity index (χ0) is 24.0. The first-order chi connectivity index (χ1) is 17.2. The van der Waals surface area contributed by atoms with Gasteiger partial charge in [-0.25, -0.2) is 4.98 Å². The fourth-order valence-corrected chi connectivity index (χ4v) is 5.02. The molecule has 0 aliphatic rings. The Morgan fingerprint density at radius 1 is 0.800 bits per heavy atom. The van der Waals surface area contributed by atoms with Crippen LogP contribution in [0.1, 0.15) is 34.0 Å². The number of nitrogens with zero attached hydrogens (tertiary/aromatic N) is 2. The lowest BCUT2D eigenvalue weighted by Crippen LogP contribution is -2.30. The normalized spacial score (nSPS) is 10.9. The van der Waals surface area contributed by atoms with Gasteiger partial charge in [-0.2, -0.15) is 0 Å². The summed E-state index contributed by atoms with van der Waals surface area (Å²) in [5.41, 5.74) is 4.90. The number of hydrogen-bond donors (Lipinski definition) is 0. The number of anilines is 1. The molecule has 0 radical (unpaired) electrons. The van der Waals surface area contributed by atoms with Gasteiger partial charge in [0.25, 0.3) is 5.91 Å². The summed E-state index contributed by atoms with van der Waals surface area (Å²) in [6.45, 7) is 2.96. The number of rotatable bonds is 8. The number of fused-ring (bicyclic) bond motifs is 1. The van der Waals surface area contributed by atoms with Crippen LogP contribution in [-0.4, -0.2) is 17.5 Å². The number of carbonyl (C=O) groups is 1. The van der Waals surface area contributed by atoms with E-state index in [1.807, 2.05) is 97.9 Å². The summed E-state index contributed by atoms with van der Waals surface area (Å²) >= 11 is 1.51. The predicted molar refractivity (Wildman–Crippen MR) is 143 cm³/mol. The molecule has 0 N–H and O–H groups in total. The van der Waals surface area contributed by atoms with Crippen LogP contribution in [0.5, 0.6) is 5.75 Å². The van der Waals surface area contributed by atoms with Crippen molar-refractivity contribution in [3.8, 4) is 5.75 Å². The topological polar surface area (TPSA) is 42.4 Å². The van der Waals surface area contributed by atoms with Crippen molar-refractivity contribution in [2.24, 2.45) is 0 Å². The molecule has 5 rings (SSSR count). The van der Waals surface area contributed by atoms with E-state index in [4.69, 9.17) is 9.72 Å². The number of benzene rings is 4. The van der Waals surface area contributed by atoms with E-state index in [-0.39, 0.29) is 5.91 Å². The van der Waals surface area contributed by atoms with Gasteiger partial charge in [0.1, 0.15) is 11.3 Å². The lowest BCUT2D eigenvalue weighted by atomic mass is 10.0. The van der Waals surface area contributed by atoms with E-state index in [9.17, 15) is 4.79 Å². The monoisotopic (exact) mass is 478 g/mol. The Labute approximate surface area is 209 Å². The van der Waals surface area contributed by atoms with E-state index in [1.165, 1.54) is 22.5 Å². The minimum absolute atomic E-state index is 0.0721. The molecule has 0 unspecified atom stereocenters. The highest BCUT2D eigenvalue weighted by Crippen LogP contribution is 2.35. The number of hydrogen-bond acceptors (Lipinski definition) is 4. The van der Waals surface area contributed by atoms with E-state index < -0.39 is 0 Å². The van der Waals surface area contributed by atoms with Gasteiger partial charge in [-0.3, -0.25) is 9.69 Å². The lowest BCUT2D eigenvalue weighted by Gasteiger charge is -2.20. The second-order valence-electron chi connectivity index (χ2n) is 8.27. The number of thiazole rings is 1. The smallest absolute Gasteiger partial charge is 0.260 e. The average Bonchev–Trinajstić information content (AvgIpc) is 3.34. The van der Waals surface area contributed by atoms with Crippen LogP contribution in [0.2, 0.25) is 0 Å². The minimum Gasteiger partial charge on any atom is -0.492 e. The quantitative estimate of drug-likeness (QED) is 0.238. The van der Waals surface area contributed by atoms with Crippen molar-refractivity contribution in [3.63, 3.8) is 0 Å². The van der Waals surface area contributed by atoms with Crippen molar-refractivity contribution in [1.29, 1.82) is 0 Å². The Kier molecular flexibility index (Phi) is 6.87. The number of aromatic nitrogens is 1. The van der Waals surface area contributed by atoms with Crippen molar-refractivity contribution in [2.45, 2.75) is 19.9 Å². The summed E-state index contributed by atoms with van der Waals surface area (Å²) in [4.78, 5) is 20.4. The maximum Gasteiger partial charge on any atom is 0.260 e. The molecule has 1 aromatic heterocycles. The molecular formula is C30H26N2O2S. The first kappa shape index (κ1) is 22.8. The number of para-hydroxylation sites is 1. The van der Waals surface area contributed by atoms with E-state index in [2.05, 4.69) is 12.1 Å². The Bertz CT molecular complexity index is 1410. The zero-order valence-electron chi connectivity index (χ0n) is 19.6. The molecule has 0 atom stereocenters. The van der Waals surface area contributed by atoms with E-state index >= 15 is 0 Å². The molecule has 0 aliphatic heterocycles. The van der Waals surface area contributed by atoms with E-state index in [1.54, 1.807) is 4.90 Å². The standard InChI is InChI=1S/C30H26N2O2S/c1-2-34-26-14-9-15-27-28(26)31-30(35-27)32(21-24-12-7-4-8-13-24)29(33)25-18-16-23(17-19-25)20-22-10-5-3-6-11-22/h3-19H,2,20-21H2,1H3. The van der Waals surface area contributed by atoms with Gasteiger partial charge in [0.2, 0.25) is 0 Å². The second kappa shape index (κ2) is 10.5. The summed E-state index contributed by atoms with van der Waals surface area (Å²) in [6, 6.07) is 34.2. The predicted octanol–water partition coefficient (Wildman–Crippen LogP) is 7.13. The fourth-order valence-electron chi connectivity index (χ4n) is 4.04. The molecule has 174 valence electrons. The summed E-state index contributed by atoms with van der Waals surface area (Å²) in [7, 11) is 0. The highest BCUT2D eigenvalue weighted by atomic mass is 32.1. The van der Waals surface area contributed by atoms with Gasteiger partial charge in [0, 0.05) is 5.56 Å². The van der Waals surface area contributed by atoms with Gasteiger partial charge in [0.05, 0.1) is 17.9 Å². The Balaban J connectivity index is 1.47. The molecule has 35 heavy (non-hydrogen) atoms. The molecule has 0 saturated heterocycles. The first-order valence-corrected chi connectivity index (χ1v) is 12.5. The Morgan fingerprint density at radius 3 is 2.14 bits per heavy atom. The third-order valence-corrected chi connectivity index (χ3v) is 6.83. The zero-order valence-corrected chi connectivity index (χ0v) is 20.4. The van der Waals surface area contributed by atoms with Crippen LogP contribution < -0.4 is 9.64 Å².